The molecule has 1 aromatic carbocycles. The van der Waals surface area contributed by atoms with Crippen molar-refractivity contribution in [1.82, 2.24) is 15.0 Å². The fraction of sp³-hybridized carbons (Fsp3) is 0.222. The van der Waals surface area contributed by atoms with E-state index in [4.69, 9.17) is 4.74 Å². The summed E-state index contributed by atoms with van der Waals surface area (Å²) in [4.78, 5) is 16.1. The lowest BCUT2D eigenvalue weighted by atomic mass is 10.2. The molecule has 0 bridgehead atoms. The Bertz CT molecular complexity index is 804. The van der Waals surface area contributed by atoms with Gasteiger partial charge in [0, 0.05) is 25.1 Å². The van der Waals surface area contributed by atoms with E-state index in [0.717, 1.165) is 41.7 Å². The minimum Gasteiger partial charge on any atom is -0.490 e. The van der Waals surface area contributed by atoms with Crippen molar-refractivity contribution >= 4 is 17.2 Å². The highest BCUT2D eigenvalue weighted by atomic mass is 16.5. The number of hydrogen-bond donors (Lipinski definition) is 1. The SMILES string of the molecule is CN(c1ccc2c(c1)N(Cc1cnc[nH]1)CCO2)c1ccccn1. The van der Waals surface area contributed by atoms with Gasteiger partial charge in [-0.2, -0.15) is 0 Å². The Hall–Kier alpha value is -3.02. The van der Waals surface area contributed by atoms with E-state index in [0.29, 0.717) is 6.61 Å². The summed E-state index contributed by atoms with van der Waals surface area (Å²) in [5.41, 5.74) is 3.26. The van der Waals surface area contributed by atoms with Gasteiger partial charge in [0.2, 0.25) is 0 Å². The van der Waals surface area contributed by atoms with Crippen molar-refractivity contribution in [2.75, 3.05) is 30.0 Å². The highest BCUT2D eigenvalue weighted by Gasteiger charge is 2.20. The van der Waals surface area contributed by atoms with Gasteiger partial charge >= 0.3 is 0 Å². The van der Waals surface area contributed by atoms with E-state index in [9.17, 15) is 0 Å². The molecule has 0 spiro atoms. The topological polar surface area (TPSA) is 57.3 Å². The maximum atomic E-state index is 5.81. The Kier molecular flexibility index (Phi) is 3.78. The third-order valence-electron chi connectivity index (χ3n) is 4.20. The van der Waals surface area contributed by atoms with Crippen LogP contribution in [0.15, 0.2) is 55.1 Å². The lowest BCUT2D eigenvalue weighted by Crippen LogP contribution is -2.32. The second-order valence-corrected chi connectivity index (χ2v) is 5.75. The van der Waals surface area contributed by atoms with Crippen molar-refractivity contribution in [2.45, 2.75) is 6.54 Å². The zero-order valence-electron chi connectivity index (χ0n) is 13.5. The number of nitrogens with one attached hydrogen (secondary N) is 1. The molecule has 4 rings (SSSR count). The highest BCUT2D eigenvalue weighted by Crippen LogP contribution is 2.36. The molecule has 0 amide bonds. The number of aromatic amines is 1. The van der Waals surface area contributed by atoms with Crippen LogP contribution in [0.2, 0.25) is 0 Å². The maximum Gasteiger partial charge on any atom is 0.142 e. The van der Waals surface area contributed by atoms with Crippen LogP contribution in [-0.2, 0) is 6.54 Å². The summed E-state index contributed by atoms with van der Waals surface area (Å²) in [7, 11) is 2.02. The quantitative estimate of drug-likeness (QED) is 0.800. The molecule has 0 saturated heterocycles. The van der Waals surface area contributed by atoms with Crippen molar-refractivity contribution in [3.63, 3.8) is 0 Å². The molecule has 0 radical (unpaired) electrons. The number of H-pyrrole nitrogens is 1. The van der Waals surface area contributed by atoms with Crippen molar-refractivity contribution in [1.29, 1.82) is 0 Å². The smallest absolute Gasteiger partial charge is 0.142 e. The Labute approximate surface area is 140 Å². The van der Waals surface area contributed by atoms with E-state index in [-0.39, 0.29) is 0 Å². The lowest BCUT2D eigenvalue weighted by Gasteiger charge is -2.32. The minimum absolute atomic E-state index is 0.691. The third-order valence-corrected chi connectivity index (χ3v) is 4.20. The summed E-state index contributed by atoms with van der Waals surface area (Å²) >= 11 is 0. The molecule has 2 aromatic heterocycles. The largest absolute Gasteiger partial charge is 0.490 e. The minimum atomic E-state index is 0.691. The van der Waals surface area contributed by atoms with Crippen molar-refractivity contribution in [3.8, 4) is 5.75 Å². The Morgan fingerprint density at radius 2 is 2.25 bits per heavy atom. The average molecular weight is 321 g/mol. The number of pyridine rings is 1. The molecule has 0 saturated carbocycles. The molecular weight excluding hydrogens is 302 g/mol. The first kappa shape index (κ1) is 14.6. The van der Waals surface area contributed by atoms with Crippen LogP contribution in [0, 0.1) is 0 Å². The van der Waals surface area contributed by atoms with Crippen LogP contribution >= 0.6 is 0 Å². The third kappa shape index (κ3) is 2.78. The number of imidazole rings is 1. The molecule has 0 aliphatic carbocycles. The van der Waals surface area contributed by atoms with Crippen molar-refractivity contribution in [2.24, 2.45) is 0 Å². The van der Waals surface area contributed by atoms with Crippen LogP contribution in [-0.4, -0.2) is 35.2 Å². The van der Waals surface area contributed by atoms with Crippen LogP contribution < -0.4 is 14.5 Å². The van der Waals surface area contributed by atoms with Gasteiger partial charge in [0.1, 0.15) is 18.2 Å². The van der Waals surface area contributed by atoms with E-state index >= 15 is 0 Å². The molecule has 6 heteroatoms. The average Bonchev–Trinajstić information content (AvgIpc) is 3.15. The molecule has 122 valence electrons. The number of nitrogens with zero attached hydrogens (tertiary/aromatic N) is 4. The van der Waals surface area contributed by atoms with Gasteiger partial charge in [-0.15, -0.1) is 0 Å². The number of aromatic nitrogens is 3. The Morgan fingerprint density at radius 3 is 3.04 bits per heavy atom. The van der Waals surface area contributed by atoms with Crippen LogP contribution in [0.3, 0.4) is 0 Å². The van der Waals surface area contributed by atoms with Gasteiger partial charge in [0.15, 0.2) is 0 Å². The van der Waals surface area contributed by atoms with Crippen LogP contribution in [0.1, 0.15) is 5.69 Å². The molecule has 0 atom stereocenters. The second kappa shape index (κ2) is 6.23. The predicted molar refractivity (Wildman–Crippen MR) is 93.9 cm³/mol. The molecule has 24 heavy (non-hydrogen) atoms. The standard InChI is InChI=1S/C18H19N5O/c1-22(18-4-2-3-7-20-18)15-5-6-17-16(10-15)23(8-9-24-17)12-14-11-19-13-21-14/h2-7,10-11,13H,8-9,12H2,1H3,(H,19,21). The normalized spacial score (nSPS) is 13.3. The van der Waals surface area contributed by atoms with Crippen LogP contribution in [0.5, 0.6) is 5.75 Å². The number of rotatable bonds is 4. The van der Waals surface area contributed by atoms with E-state index < -0.39 is 0 Å². The predicted octanol–water partition coefficient (Wildman–Crippen LogP) is 2.97. The van der Waals surface area contributed by atoms with E-state index in [1.54, 1.807) is 12.5 Å². The van der Waals surface area contributed by atoms with E-state index in [2.05, 4.69) is 36.9 Å². The first-order chi connectivity index (χ1) is 11.8. The molecule has 3 heterocycles. The van der Waals surface area contributed by atoms with E-state index in [1.807, 2.05) is 37.5 Å². The molecule has 3 aromatic rings. The zero-order valence-corrected chi connectivity index (χ0v) is 13.5. The number of hydrogen-bond acceptors (Lipinski definition) is 5. The summed E-state index contributed by atoms with van der Waals surface area (Å²) in [6, 6.07) is 12.2. The molecule has 1 N–H and O–H groups in total. The van der Waals surface area contributed by atoms with Crippen LogP contribution in [0.4, 0.5) is 17.2 Å². The van der Waals surface area contributed by atoms with Gasteiger partial charge in [-0.1, -0.05) is 6.07 Å². The maximum absolute atomic E-state index is 5.81. The zero-order chi connectivity index (χ0) is 16.4. The van der Waals surface area contributed by atoms with Gasteiger partial charge in [-0.3, -0.25) is 0 Å². The Morgan fingerprint density at radius 1 is 1.29 bits per heavy atom. The fourth-order valence-electron chi connectivity index (χ4n) is 2.90. The molecule has 0 fully saturated rings. The summed E-state index contributed by atoms with van der Waals surface area (Å²) in [5.74, 6) is 1.83. The number of ether oxygens (including phenoxy) is 1. The second-order valence-electron chi connectivity index (χ2n) is 5.75. The number of benzene rings is 1. The van der Waals surface area contributed by atoms with E-state index in [1.165, 1.54) is 0 Å². The van der Waals surface area contributed by atoms with Gasteiger partial charge in [-0.25, -0.2) is 9.97 Å². The van der Waals surface area contributed by atoms with Gasteiger partial charge < -0.3 is 19.5 Å². The highest BCUT2D eigenvalue weighted by molar-refractivity contribution is 5.71. The van der Waals surface area contributed by atoms with Gasteiger partial charge in [-0.05, 0) is 30.3 Å². The first-order valence-electron chi connectivity index (χ1n) is 7.95. The summed E-state index contributed by atoms with van der Waals surface area (Å²) in [6.07, 6.45) is 5.37. The first-order valence-corrected chi connectivity index (χ1v) is 7.95. The summed E-state index contributed by atoms with van der Waals surface area (Å²) in [6.45, 7) is 2.33. The molecule has 1 aliphatic rings. The van der Waals surface area contributed by atoms with Crippen molar-refractivity contribution < 1.29 is 4.74 Å². The van der Waals surface area contributed by atoms with Crippen molar-refractivity contribution in [3.05, 3.63) is 60.8 Å². The summed E-state index contributed by atoms with van der Waals surface area (Å²) in [5, 5.41) is 0. The Balaban J connectivity index is 1.65. The molecule has 0 unspecified atom stereocenters. The molecular formula is C18H19N5O. The lowest BCUT2D eigenvalue weighted by molar-refractivity contribution is 0.306. The summed E-state index contributed by atoms with van der Waals surface area (Å²) < 4.78 is 5.81. The number of fused-ring (bicyclic) bond motifs is 1. The van der Waals surface area contributed by atoms with Gasteiger partial charge in [0.05, 0.1) is 30.8 Å². The monoisotopic (exact) mass is 321 g/mol. The fourth-order valence-corrected chi connectivity index (χ4v) is 2.90. The van der Waals surface area contributed by atoms with Gasteiger partial charge in [0.25, 0.3) is 0 Å². The molecule has 1 aliphatic heterocycles. The molecule has 6 nitrogen and oxygen atoms in total. The number of anilines is 3. The van der Waals surface area contributed by atoms with Crippen LogP contribution in [0.25, 0.3) is 0 Å².